The highest BCUT2D eigenvalue weighted by atomic mass is 32.2. The van der Waals surface area contributed by atoms with Crippen molar-refractivity contribution in [2.24, 2.45) is 5.73 Å². The van der Waals surface area contributed by atoms with Crippen LogP contribution in [0.25, 0.3) is 0 Å². The van der Waals surface area contributed by atoms with Gasteiger partial charge in [-0.2, -0.15) is 4.31 Å². The van der Waals surface area contributed by atoms with Gasteiger partial charge in [0.25, 0.3) is 10.0 Å². The summed E-state index contributed by atoms with van der Waals surface area (Å²) in [5.41, 5.74) is 6.12. The Labute approximate surface area is 115 Å². The number of nitrogens with zero attached hydrogens (tertiary/aromatic N) is 2. The first-order valence-corrected chi connectivity index (χ1v) is 7.91. The number of furan rings is 1. The Hall–Kier alpha value is -1.22. The molecule has 104 valence electrons. The molecule has 0 aliphatic rings. The van der Waals surface area contributed by atoms with Gasteiger partial charge < -0.3 is 10.2 Å². The van der Waals surface area contributed by atoms with E-state index in [2.05, 4.69) is 4.98 Å². The summed E-state index contributed by atoms with van der Waals surface area (Å²) in [4.78, 5) is 4.24. The van der Waals surface area contributed by atoms with E-state index in [1.54, 1.807) is 6.07 Å². The largest absolute Gasteiger partial charge is 0.447 e. The van der Waals surface area contributed by atoms with Crippen LogP contribution in [0.5, 0.6) is 0 Å². The molecular weight excluding hydrogens is 286 g/mol. The Morgan fingerprint density at radius 3 is 2.74 bits per heavy atom. The first-order chi connectivity index (χ1) is 8.93. The number of aryl methyl sites for hydroxylation is 1. The van der Waals surface area contributed by atoms with Crippen molar-refractivity contribution < 1.29 is 12.8 Å². The number of sulfonamides is 1. The quantitative estimate of drug-likeness (QED) is 0.899. The van der Waals surface area contributed by atoms with Crippen molar-refractivity contribution in [1.29, 1.82) is 0 Å². The fraction of sp³-hybridized carbons (Fsp3) is 0.364. The monoisotopic (exact) mass is 301 g/mol. The number of thiazole rings is 1. The molecular formula is C11H15N3O3S2. The summed E-state index contributed by atoms with van der Waals surface area (Å²) in [5.74, 6) is 0.441. The molecule has 19 heavy (non-hydrogen) atoms. The molecule has 0 aromatic carbocycles. The summed E-state index contributed by atoms with van der Waals surface area (Å²) in [7, 11) is -2.15. The molecule has 2 rings (SSSR count). The summed E-state index contributed by atoms with van der Waals surface area (Å²) in [6.45, 7) is 2.26. The molecule has 0 aliphatic carbocycles. The fourth-order valence-electron chi connectivity index (χ4n) is 1.55. The van der Waals surface area contributed by atoms with Crippen molar-refractivity contribution in [2.45, 2.75) is 25.1 Å². The summed E-state index contributed by atoms with van der Waals surface area (Å²) in [6, 6.07) is 2.98. The molecule has 0 unspecified atom stereocenters. The normalized spacial score (nSPS) is 12.2. The Bertz CT molecular complexity index is 660. The summed E-state index contributed by atoms with van der Waals surface area (Å²) in [6.07, 6.45) is 0. The SMILES string of the molecule is Cc1nc(CN(C)S(=O)(=O)c2ccc(CN)o2)cs1. The van der Waals surface area contributed by atoms with Crippen molar-refractivity contribution in [2.75, 3.05) is 7.05 Å². The highest BCUT2D eigenvalue weighted by Crippen LogP contribution is 2.20. The van der Waals surface area contributed by atoms with Gasteiger partial charge in [0.2, 0.25) is 5.09 Å². The van der Waals surface area contributed by atoms with Crippen molar-refractivity contribution in [1.82, 2.24) is 9.29 Å². The zero-order valence-electron chi connectivity index (χ0n) is 10.7. The topological polar surface area (TPSA) is 89.4 Å². The number of hydrogen-bond acceptors (Lipinski definition) is 6. The summed E-state index contributed by atoms with van der Waals surface area (Å²) < 4.78 is 30.9. The molecule has 2 aromatic rings. The molecule has 0 saturated carbocycles. The minimum atomic E-state index is -3.64. The lowest BCUT2D eigenvalue weighted by Gasteiger charge is -2.13. The van der Waals surface area contributed by atoms with Gasteiger partial charge in [0.05, 0.1) is 23.8 Å². The van der Waals surface area contributed by atoms with Crippen molar-refractivity contribution in [3.8, 4) is 0 Å². The van der Waals surface area contributed by atoms with E-state index < -0.39 is 10.0 Å². The molecule has 0 bridgehead atoms. The molecule has 6 nitrogen and oxygen atoms in total. The van der Waals surface area contributed by atoms with E-state index in [9.17, 15) is 8.42 Å². The van der Waals surface area contributed by atoms with E-state index in [-0.39, 0.29) is 18.2 Å². The van der Waals surface area contributed by atoms with Gasteiger partial charge >= 0.3 is 0 Å². The lowest BCUT2D eigenvalue weighted by atomic mass is 10.5. The van der Waals surface area contributed by atoms with Gasteiger partial charge in [0, 0.05) is 12.4 Å². The van der Waals surface area contributed by atoms with E-state index in [1.165, 1.54) is 28.8 Å². The third-order valence-electron chi connectivity index (χ3n) is 2.55. The maximum Gasteiger partial charge on any atom is 0.276 e. The van der Waals surface area contributed by atoms with Crippen LogP contribution in [0.4, 0.5) is 0 Å². The Kier molecular flexibility index (Phi) is 4.04. The molecule has 8 heteroatoms. The van der Waals surface area contributed by atoms with E-state index in [0.29, 0.717) is 5.76 Å². The molecule has 2 heterocycles. The molecule has 2 N–H and O–H groups in total. The second-order valence-electron chi connectivity index (χ2n) is 4.04. The number of aromatic nitrogens is 1. The average Bonchev–Trinajstić information content (AvgIpc) is 2.98. The minimum absolute atomic E-state index is 0.0950. The standard InChI is InChI=1S/C11H15N3O3S2/c1-8-13-9(7-18-8)6-14(2)19(15,16)11-4-3-10(5-12)17-11/h3-4,7H,5-6,12H2,1-2H3. The van der Waals surface area contributed by atoms with Crippen LogP contribution in [0.3, 0.4) is 0 Å². The Balaban J connectivity index is 2.19. The van der Waals surface area contributed by atoms with Gasteiger partial charge in [-0.1, -0.05) is 0 Å². The molecule has 0 spiro atoms. The van der Waals surface area contributed by atoms with Crippen molar-refractivity contribution >= 4 is 21.4 Å². The van der Waals surface area contributed by atoms with E-state index in [0.717, 1.165) is 10.7 Å². The first kappa shape index (κ1) is 14.2. The van der Waals surface area contributed by atoms with Crippen LogP contribution in [-0.4, -0.2) is 24.8 Å². The summed E-state index contributed by atoms with van der Waals surface area (Å²) >= 11 is 1.49. The van der Waals surface area contributed by atoms with E-state index in [1.807, 2.05) is 12.3 Å². The highest BCUT2D eigenvalue weighted by Gasteiger charge is 2.25. The van der Waals surface area contributed by atoms with Gasteiger partial charge in [0.1, 0.15) is 5.76 Å². The Morgan fingerprint density at radius 1 is 1.47 bits per heavy atom. The Morgan fingerprint density at radius 2 is 2.21 bits per heavy atom. The van der Waals surface area contributed by atoms with Crippen LogP contribution in [0.1, 0.15) is 16.5 Å². The first-order valence-electron chi connectivity index (χ1n) is 5.59. The van der Waals surface area contributed by atoms with Crippen LogP contribution >= 0.6 is 11.3 Å². The number of nitrogens with two attached hydrogens (primary N) is 1. The summed E-state index contributed by atoms with van der Waals surface area (Å²) in [5, 5.41) is 2.65. The third-order valence-corrected chi connectivity index (χ3v) is 5.05. The predicted molar refractivity (Wildman–Crippen MR) is 72.1 cm³/mol. The second kappa shape index (κ2) is 5.41. The minimum Gasteiger partial charge on any atom is -0.447 e. The van der Waals surface area contributed by atoms with Crippen LogP contribution < -0.4 is 5.73 Å². The molecule has 0 fully saturated rings. The van der Waals surface area contributed by atoms with Crippen molar-refractivity contribution in [3.05, 3.63) is 34.0 Å². The van der Waals surface area contributed by atoms with Crippen molar-refractivity contribution in [3.63, 3.8) is 0 Å². The molecule has 0 atom stereocenters. The van der Waals surface area contributed by atoms with E-state index in [4.69, 9.17) is 10.2 Å². The molecule has 0 saturated heterocycles. The van der Waals surface area contributed by atoms with Gasteiger partial charge in [-0.15, -0.1) is 11.3 Å². The lowest BCUT2D eigenvalue weighted by Crippen LogP contribution is -2.26. The molecule has 0 radical (unpaired) electrons. The number of hydrogen-bond donors (Lipinski definition) is 1. The van der Waals surface area contributed by atoms with Gasteiger partial charge in [-0.05, 0) is 19.1 Å². The smallest absolute Gasteiger partial charge is 0.276 e. The maximum absolute atomic E-state index is 12.2. The second-order valence-corrected chi connectivity index (χ2v) is 7.08. The van der Waals surface area contributed by atoms with Crippen LogP contribution in [-0.2, 0) is 23.1 Å². The highest BCUT2D eigenvalue weighted by molar-refractivity contribution is 7.88. The van der Waals surface area contributed by atoms with Crippen LogP contribution in [0.2, 0.25) is 0 Å². The van der Waals surface area contributed by atoms with Crippen LogP contribution in [0, 0.1) is 6.92 Å². The molecule has 0 aliphatic heterocycles. The molecule has 2 aromatic heterocycles. The third kappa shape index (κ3) is 3.03. The lowest BCUT2D eigenvalue weighted by molar-refractivity contribution is 0.386. The fourth-order valence-corrected chi connectivity index (χ4v) is 3.22. The van der Waals surface area contributed by atoms with Gasteiger partial charge in [0.15, 0.2) is 0 Å². The van der Waals surface area contributed by atoms with Gasteiger partial charge in [-0.25, -0.2) is 13.4 Å². The zero-order chi connectivity index (χ0) is 14.0. The van der Waals surface area contributed by atoms with Crippen LogP contribution in [0.15, 0.2) is 27.0 Å². The average molecular weight is 301 g/mol. The zero-order valence-corrected chi connectivity index (χ0v) is 12.3. The maximum atomic E-state index is 12.2. The van der Waals surface area contributed by atoms with Gasteiger partial charge in [-0.3, -0.25) is 0 Å². The predicted octanol–water partition coefficient (Wildman–Crippen LogP) is 1.32. The van der Waals surface area contributed by atoms with E-state index >= 15 is 0 Å². The number of rotatable bonds is 5. The molecule has 0 amide bonds.